The van der Waals surface area contributed by atoms with Gasteiger partial charge < -0.3 is 14.8 Å². The van der Waals surface area contributed by atoms with Crippen LogP contribution < -0.4 is 14.8 Å². The fourth-order valence-corrected chi connectivity index (χ4v) is 3.33. The molecule has 2 aromatic carbocycles. The number of hydrogen-bond donors (Lipinski definition) is 1. The minimum Gasteiger partial charge on any atom is -0.496 e. The molecule has 116 valence electrons. The van der Waals surface area contributed by atoms with E-state index >= 15 is 0 Å². The second-order valence-electron chi connectivity index (χ2n) is 5.65. The summed E-state index contributed by atoms with van der Waals surface area (Å²) < 4.78 is 11.2. The van der Waals surface area contributed by atoms with Crippen molar-refractivity contribution in [1.29, 1.82) is 0 Å². The molecular formula is C19H23NO2. The van der Waals surface area contributed by atoms with E-state index < -0.39 is 0 Å². The minimum atomic E-state index is 0.590. The van der Waals surface area contributed by atoms with Gasteiger partial charge in [0.2, 0.25) is 0 Å². The second-order valence-corrected chi connectivity index (χ2v) is 5.65. The van der Waals surface area contributed by atoms with E-state index in [2.05, 4.69) is 29.6 Å². The number of benzene rings is 2. The molecule has 1 aliphatic heterocycles. The molecule has 1 N–H and O–H groups in total. The zero-order valence-electron chi connectivity index (χ0n) is 13.3. The van der Waals surface area contributed by atoms with E-state index in [0.717, 1.165) is 30.2 Å². The first-order valence-corrected chi connectivity index (χ1v) is 7.86. The molecule has 0 amide bonds. The van der Waals surface area contributed by atoms with Crippen molar-refractivity contribution in [2.24, 2.45) is 0 Å². The molecule has 1 saturated heterocycles. The number of piperidine rings is 1. The predicted molar refractivity (Wildman–Crippen MR) is 89.8 cm³/mol. The van der Waals surface area contributed by atoms with E-state index in [-0.39, 0.29) is 0 Å². The summed E-state index contributed by atoms with van der Waals surface area (Å²) in [5.74, 6) is 2.31. The highest BCUT2D eigenvalue weighted by molar-refractivity contribution is 5.79. The van der Waals surface area contributed by atoms with Crippen LogP contribution in [-0.4, -0.2) is 27.3 Å². The van der Waals surface area contributed by atoms with Gasteiger partial charge >= 0.3 is 0 Å². The average Bonchev–Trinajstić information content (AvgIpc) is 2.61. The largest absolute Gasteiger partial charge is 0.496 e. The maximum absolute atomic E-state index is 5.59. The number of hydrogen-bond acceptors (Lipinski definition) is 3. The molecule has 1 aliphatic rings. The summed E-state index contributed by atoms with van der Waals surface area (Å²) in [5.41, 5.74) is 3.68. The molecule has 3 rings (SSSR count). The molecule has 22 heavy (non-hydrogen) atoms. The Morgan fingerprint density at radius 2 is 1.50 bits per heavy atom. The van der Waals surface area contributed by atoms with Crippen LogP contribution in [0.25, 0.3) is 11.1 Å². The third kappa shape index (κ3) is 2.81. The van der Waals surface area contributed by atoms with E-state index in [1.165, 1.54) is 24.0 Å². The SMILES string of the molecule is COc1cccc(OC)c1-c1ccccc1C1CCNCC1. The Hall–Kier alpha value is -2.00. The number of methoxy groups -OCH3 is 2. The van der Waals surface area contributed by atoms with E-state index in [0.29, 0.717) is 5.92 Å². The van der Waals surface area contributed by atoms with Gasteiger partial charge in [0.1, 0.15) is 11.5 Å². The van der Waals surface area contributed by atoms with E-state index in [4.69, 9.17) is 9.47 Å². The van der Waals surface area contributed by atoms with Gasteiger partial charge in [-0.1, -0.05) is 30.3 Å². The van der Waals surface area contributed by atoms with Crippen molar-refractivity contribution < 1.29 is 9.47 Å². The Morgan fingerprint density at radius 3 is 2.14 bits per heavy atom. The van der Waals surface area contributed by atoms with Crippen LogP contribution in [0.4, 0.5) is 0 Å². The van der Waals surface area contributed by atoms with Crippen molar-refractivity contribution in [3.05, 3.63) is 48.0 Å². The third-order valence-corrected chi connectivity index (χ3v) is 4.44. The molecule has 0 radical (unpaired) electrons. The summed E-state index contributed by atoms with van der Waals surface area (Å²) in [6.45, 7) is 2.17. The Bertz CT molecular complexity index is 611. The highest BCUT2D eigenvalue weighted by Crippen LogP contribution is 2.43. The molecular weight excluding hydrogens is 274 g/mol. The lowest BCUT2D eigenvalue weighted by atomic mass is 9.84. The summed E-state index contributed by atoms with van der Waals surface area (Å²) in [6, 6.07) is 14.6. The van der Waals surface area contributed by atoms with Gasteiger partial charge in [-0.2, -0.15) is 0 Å². The minimum absolute atomic E-state index is 0.590. The summed E-state index contributed by atoms with van der Waals surface area (Å²) >= 11 is 0. The fraction of sp³-hybridized carbons (Fsp3) is 0.368. The summed E-state index contributed by atoms with van der Waals surface area (Å²) in [4.78, 5) is 0. The maximum Gasteiger partial charge on any atom is 0.130 e. The van der Waals surface area contributed by atoms with Crippen molar-refractivity contribution in [3.63, 3.8) is 0 Å². The first-order chi connectivity index (χ1) is 10.8. The number of rotatable bonds is 4. The van der Waals surface area contributed by atoms with Gasteiger partial charge in [-0.15, -0.1) is 0 Å². The van der Waals surface area contributed by atoms with Crippen LogP contribution in [0.15, 0.2) is 42.5 Å². The summed E-state index contributed by atoms with van der Waals surface area (Å²) in [6.07, 6.45) is 2.35. The Kier molecular flexibility index (Phi) is 4.64. The van der Waals surface area contributed by atoms with E-state index in [9.17, 15) is 0 Å². The maximum atomic E-state index is 5.59. The Balaban J connectivity index is 2.12. The standard InChI is InChI=1S/C19H23NO2/c1-21-17-8-5-9-18(22-2)19(17)16-7-4-3-6-15(16)14-10-12-20-13-11-14/h3-9,14,20H,10-13H2,1-2H3. The van der Waals surface area contributed by atoms with Crippen molar-refractivity contribution in [3.8, 4) is 22.6 Å². The quantitative estimate of drug-likeness (QED) is 0.930. The lowest BCUT2D eigenvalue weighted by molar-refractivity contribution is 0.397. The van der Waals surface area contributed by atoms with Gasteiger partial charge in [-0.25, -0.2) is 0 Å². The van der Waals surface area contributed by atoms with Gasteiger partial charge in [0.15, 0.2) is 0 Å². The van der Waals surface area contributed by atoms with Gasteiger partial charge in [0, 0.05) is 0 Å². The molecule has 3 heteroatoms. The van der Waals surface area contributed by atoms with Crippen molar-refractivity contribution in [2.75, 3.05) is 27.3 Å². The van der Waals surface area contributed by atoms with Crippen LogP contribution in [0.3, 0.4) is 0 Å². The first kappa shape index (κ1) is 14.9. The van der Waals surface area contributed by atoms with Crippen LogP contribution in [0.5, 0.6) is 11.5 Å². The van der Waals surface area contributed by atoms with Crippen LogP contribution in [0.1, 0.15) is 24.3 Å². The van der Waals surface area contributed by atoms with Crippen LogP contribution in [-0.2, 0) is 0 Å². The molecule has 0 aliphatic carbocycles. The summed E-state index contributed by atoms with van der Waals surface area (Å²) in [7, 11) is 3.43. The normalized spacial score (nSPS) is 15.5. The van der Waals surface area contributed by atoms with Crippen molar-refractivity contribution >= 4 is 0 Å². The van der Waals surface area contributed by atoms with E-state index in [1.54, 1.807) is 14.2 Å². The number of nitrogens with one attached hydrogen (secondary N) is 1. The predicted octanol–water partition coefficient (Wildman–Crippen LogP) is 3.84. The fourth-order valence-electron chi connectivity index (χ4n) is 3.33. The van der Waals surface area contributed by atoms with Gasteiger partial charge in [0.25, 0.3) is 0 Å². The molecule has 0 saturated carbocycles. The third-order valence-electron chi connectivity index (χ3n) is 4.44. The van der Waals surface area contributed by atoms with Crippen molar-refractivity contribution in [1.82, 2.24) is 5.32 Å². The van der Waals surface area contributed by atoms with Gasteiger partial charge in [-0.05, 0) is 55.1 Å². The molecule has 0 bridgehead atoms. The monoisotopic (exact) mass is 297 g/mol. The lowest BCUT2D eigenvalue weighted by Crippen LogP contribution is -2.26. The molecule has 0 aromatic heterocycles. The zero-order chi connectivity index (χ0) is 15.4. The van der Waals surface area contributed by atoms with Crippen LogP contribution >= 0.6 is 0 Å². The smallest absolute Gasteiger partial charge is 0.130 e. The molecule has 0 atom stereocenters. The van der Waals surface area contributed by atoms with Gasteiger partial charge in [-0.3, -0.25) is 0 Å². The van der Waals surface area contributed by atoms with Gasteiger partial charge in [0.05, 0.1) is 19.8 Å². The second kappa shape index (κ2) is 6.84. The van der Waals surface area contributed by atoms with Crippen LogP contribution in [0.2, 0.25) is 0 Å². The average molecular weight is 297 g/mol. The zero-order valence-corrected chi connectivity index (χ0v) is 13.3. The molecule has 2 aromatic rings. The molecule has 0 spiro atoms. The lowest BCUT2D eigenvalue weighted by Gasteiger charge is -2.26. The highest BCUT2D eigenvalue weighted by atomic mass is 16.5. The molecule has 0 unspecified atom stereocenters. The first-order valence-electron chi connectivity index (χ1n) is 7.86. The Labute approximate surface area is 132 Å². The molecule has 3 nitrogen and oxygen atoms in total. The molecule has 1 heterocycles. The van der Waals surface area contributed by atoms with E-state index in [1.807, 2.05) is 18.2 Å². The topological polar surface area (TPSA) is 30.5 Å². The number of ether oxygens (including phenoxy) is 2. The van der Waals surface area contributed by atoms with Crippen LogP contribution in [0, 0.1) is 0 Å². The highest BCUT2D eigenvalue weighted by Gasteiger charge is 2.22. The Morgan fingerprint density at radius 1 is 0.864 bits per heavy atom. The summed E-state index contributed by atoms with van der Waals surface area (Å²) in [5, 5.41) is 3.44. The van der Waals surface area contributed by atoms with Crippen molar-refractivity contribution in [2.45, 2.75) is 18.8 Å². The molecule has 1 fully saturated rings.